The molecule has 2 saturated heterocycles. The first kappa shape index (κ1) is 23.0. The Kier molecular flexibility index (Phi) is 8.50. The molecule has 2 fully saturated rings. The number of nitrogens with one attached hydrogen (secondary N) is 1. The van der Waals surface area contributed by atoms with Crippen LogP contribution in [-0.2, 0) is 17.8 Å². The summed E-state index contributed by atoms with van der Waals surface area (Å²) < 4.78 is 0. The topological polar surface area (TPSA) is 64.1 Å². The zero-order valence-corrected chi connectivity index (χ0v) is 19.9. The molecule has 0 aliphatic carbocycles. The summed E-state index contributed by atoms with van der Waals surface area (Å²) in [4.78, 5) is 28.9. The Morgan fingerprint density at radius 3 is 2.47 bits per heavy atom. The van der Waals surface area contributed by atoms with Crippen LogP contribution in [0, 0.1) is 11.8 Å². The van der Waals surface area contributed by atoms with Crippen molar-refractivity contribution in [3.8, 4) is 0 Å². The number of carbonyl (C=O) groups excluding carboxylic acids is 1. The van der Waals surface area contributed by atoms with Gasteiger partial charge in [0.15, 0.2) is 5.96 Å². The molecule has 2 unspecified atom stereocenters. The number of amides is 1. The van der Waals surface area contributed by atoms with Crippen LogP contribution in [0.1, 0.15) is 44.8 Å². The van der Waals surface area contributed by atoms with Crippen LogP contribution in [0.2, 0.25) is 0 Å². The minimum absolute atomic E-state index is 0.290. The third kappa shape index (κ3) is 6.41. The lowest BCUT2D eigenvalue weighted by atomic mass is 9.92. The van der Waals surface area contributed by atoms with Gasteiger partial charge < -0.3 is 15.1 Å². The molecule has 30 heavy (non-hydrogen) atoms. The second-order valence-electron chi connectivity index (χ2n) is 8.76. The van der Waals surface area contributed by atoms with Crippen molar-refractivity contribution in [3.63, 3.8) is 0 Å². The molecule has 1 aromatic rings. The van der Waals surface area contributed by atoms with Crippen molar-refractivity contribution in [1.29, 1.82) is 0 Å². The molecule has 1 amide bonds. The van der Waals surface area contributed by atoms with Gasteiger partial charge in [0.25, 0.3) is 0 Å². The molecule has 8 heteroatoms. The Hall–Kier alpha value is -1.67. The Morgan fingerprint density at radius 2 is 1.87 bits per heavy atom. The summed E-state index contributed by atoms with van der Waals surface area (Å²) in [7, 11) is 0. The smallest absolute Gasteiger partial charge is 0.236 e. The van der Waals surface area contributed by atoms with E-state index in [0.717, 1.165) is 63.9 Å². The number of nitrogens with zero attached hydrogens (tertiary/aromatic N) is 5. The summed E-state index contributed by atoms with van der Waals surface area (Å²) >= 11 is 1.71. The molecule has 0 aromatic carbocycles. The lowest BCUT2D eigenvalue weighted by molar-refractivity contribution is -0.135. The summed E-state index contributed by atoms with van der Waals surface area (Å²) in [6.45, 7) is 16.1. The first-order chi connectivity index (χ1) is 14.5. The highest BCUT2D eigenvalue weighted by Gasteiger charge is 2.28. The van der Waals surface area contributed by atoms with E-state index >= 15 is 0 Å². The van der Waals surface area contributed by atoms with Crippen molar-refractivity contribution in [2.75, 3.05) is 52.4 Å². The van der Waals surface area contributed by atoms with E-state index in [0.29, 0.717) is 24.9 Å². The van der Waals surface area contributed by atoms with Gasteiger partial charge in [-0.15, -0.1) is 11.3 Å². The maximum Gasteiger partial charge on any atom is 0.236 e. The molecular formula is C22H38N6OS. The van der Waals surface area contributed by atoms with E-state index in [4.69, 9.17) is 4.99 Å². The highest BCUT2D eigenvalue weighted by molar-refractivity contribution is 7.09. The van der Waals surface area contributed by atoms with Gasteiger partial charge in [-0.1, -0.05) is 20.8 Å². The predicted molar refractivity (Wildman–Crippen MR) is 124 cm³/mol. The molecule has 1 aromatic heterocycles. The van der Waals surface area contributed by atoms with Crippen molar-refractivity contribution in [1.82, 2.24) is 25.0 Å². The average Bonchev–Trinajstić information content (AvgIpc) is 3.19. The van der Waals surface area contributed by atoms with E-state index in [1.54, 1.807) is 11.3 Å². The van der Waals surface area contributed by atoms with E-state index in [9.17, 15) is 4.79 Å². The molecule has 3 heterocycles. The van der Waals surface area contributed by atoms with Crippen LogP contribution < -0.4 is 5.32 Å². The van der Waals surface area contributed by atoms with E-state index < -0.39 is 0 Å². The lowest BCUT2D eigenvalue weighted by Crippen LogP contribution is -2.55. The highest BCUT2D eigenvalue weighted by Crippen LogP contribution is 2.21. The zero-order valence-electron chi connectivity index (χ0n) is 19.1. The van der Waals surface area contributed by atoms with Crippen molar-refractivity contribution >= 4 is 23.2 Å². The second-order valence-corrected chi connectivity index (χ2v) is 9.71. The third-order valence-electron chi connectivity index (χ3n) is 5.88. The predicted octanol–water partition coefficient (Wildman–Crippen LogP) is 2.29. The summed E-state index contributed by atoms with van der Waals surface area (Å²) in [5.74, 6) is 2.46. The molecule has 2 aliphatic rings. The number of aryl methyl sites for hydroxylation is 1. The number of carbonyl (C=O) groups is 1. The van der Waals surface area contributed by atoms with Gasteiger partial charge in [0.2, 0.25) is 5.91 Å². The first-order valence-electron chi connectivity index (χ1n) is 11.4. The van der Waals surface area contributed by atoms with E-state index in [1.807, 2.05) is 0 Å². The van der Waals surface area contributed by atoms with Gasteiger partial charge in [-0.05, 0) is 31.6 Å². The number of aromatic nitrogens is 1. The van der Waals surface area contributed by atoms with Gasteiger partial charge in [-0.3, -0.25) is 9.69 Å². The fourth-order valence-electron chi connectivity index (χ4n) is 4.44. The number of rotatable bonds is 6. The van der Waals surface area contributed by atoms with Gasteiger partial charge in [-0.25, -0.2) is 9.98 Å². The summed E-state index contributed by atoms with van der Waals surface area (Å²) in [5, 5.41) is 6.69. The van der Waals surface area contributed by atoms with Crippen molar-refractivity contribution in [2.45, 2.75) is 47.1 Å². The molecule has 3 rings (SSSR count). The Bertz CT molecular complexity index is 702. The van der Waals surface area contributed by atoms with Crippen molar-refractivity contribution in [3.05, 3.63) is 16.1 Å². The standard InChI is InChI=1S/C22H38N6OS/c1-5-20-25-19(16-30-20)12-24-22(23-6-2)27-9-7-26(8-10-27)15-21(29)28-13-17(3)11-18(4)14-28/h16-18H,5-15H2,1-4H3,(H,23,24). The molecule has 0 radical (unpaired) electrons. The minimum Gasteiger partial charge on any atom is -0.357 e. The van der Waals surface area contributed by atoms with Crippen molar-refractivity contribution < 1.29 is 4.79 Å². The van der Waals surface area contributed by atoms with Crippen LogP contribution in [0.25, 0.3) is 0 Å². The van der Waals surface area contributed by atoms with E-state index in [-0.39, 0.29) is 5.91 Å². The maximum atomic E-state index is 12.8. The largest absolute Gasteiger partial charge is 0.357 e. The molecule has 0 spiro atoms. The van der Waals surface area contributed by atoms with Gasteiger partial charge >= 0.3 is 0 Å². The molecule has 2 atom stereocenters. The lowest BCUT2D eigenvalue weighted by Gasteiger charge is -2.39. The molecule has 168 valence electrons. The van der Waals surface area contributed by atoms with Crippen LogP contribution in [0.3, 0.4) is 0 Å². The average molecular weight is 435 g/mol. The number of guanidine groups is 1. The van der Waals surface area contributed by atoms with Gasteiger partial charge in [0, 0.05) is 51.2 Å². The van der Waals surface area contributed by atoms with Crippen molar-refractivity contribution in [2.24, 2.45) is 16.8 Å². The Morgan fingerprint density at radius 1 is 1.17 bits per heavy atom. The number of piperazine rings is 1. The molecule has 2 aliphatic heterocycles. The Balaban J connectivity index is 1.49. The third-order valence-corrected chi connectivity index (χ3v) is 6.92. The maximum absolute atomic E-state index is 12.8. The van der Waals surface area contributed by atoms with Gasteiger partial charge in [-0.2, -0.15) is 0 Å². The van der Waals surface area contributed by atoms with Crippen LogP contribution in [0.4, 0.5) is 0 Å². The monoisotopic (exact) mass is 434 g/mol. The fourth-order valence-corrected chi connectivity index (χ4v) is 5.18. The van der Waals surface area contributed by atoms with Crippen LogP contribution in [0.15, 0.2) is 10.4 Å². The zero-order chi connectivity index (χ0) is 21.5. The number of aliphatic imine (C=N–C) groups is 1. The van der Waals surface area contributed by atoms with Gasteiger partial charge in [0.1, 0.15) is 0 Å². The molecule has 1 N–H and O–H groups in total. The van der Waals surface area contributed by atoms with Gasteiger partial charge in [0.05, 0.1) is 23.8 Å². The first-order valence-corrected chi connectivity index (χ1v) is 12.3. The van der Waals surface area contributed by atoms with Crippen LogP contribution >= 0.6 is 11.3 Å². The number of thiazole rings is 1. The molecular weight excluding hydrogens is 396 g/mol. The summed E-state index contributed by atoms with van der Waals surface area (Å²) in [6, 6.07) is 0. The summed E-state index contributed by atoms with van der Waals surface area (Å²) in [6.07, 6.45) is 2.21. The van der Waals surface area contributed by atoms with E-state index in [1.165, 1.54) is 11.4 Å². The normalized spacial score (nSPS) is 23.7. The number of likely N-dealkylation sites (tertiary alicyclic amines) is 1. The SMILES string of the molecule is CCNC(=NCc1csc(CC)n1)N1CCN(CC(=O)N2CC(C)CC(C)C2)CC1. The number of piperidine rings is 1. The van der Waals surface area contributed by atoms with E-state index in [2.05, 4.69) is 58.1 Å². The fraction of sp³-hybridized carbons (Fsp3) is 0.773. The minimum atomic E-state index is 0.290. The molecule has 0 bridgehead atoms. The van der Waals surface area contributed by atoms with Crippen LogP contribution in [-0.4, -0.2) is 83.9 Å². The highest BCUT2D eigenvalue weighted by atomic mass is 32.1. The summed E-state index contributed by atoms with van der Waals surface area (Å²) in [5.41, 5.74) is 1.04. The van der Waals surface area contributed by atoms with Crippen LogP contribution in [0.5, 0.6) is 0 Å². The quantitative estimate of drug-likeness (QED) is 0.550. The molecule has 0 saturated carbocycles. The number of hydrogen-bond acceptors (Lipinski definition) is 5. The molecule has 7 nitrogen and oxygen atoms in total. The Labute approximate surface area is 185 Å². The number of hydrogen-bond donors (Lipinski definition) is 1. The second kappa shape index (κ2) is 11.1.